The van der Waals surface area contributed by atoms with Gasteiger partial charge in [-0.25, -0.2) is 0 Å². The molecular weight excluding hydrogens is 258 g/mol. The molecule has 2 N–H and O–H groups in total. The normalized spacial score (nSPS) is 12.2. The molecule has 100 valence electrons. The number of aryl methyl sites for hydroxylation is 1. The molecule has 0 aliphatic rings. The third kappa shape index (κ3) is 3.72. The van der Waals surface area contributed by atoms with Gasteiger partial charge in [0.25, 0.3) is 0 Å². The Balaban J connectivity index is 2.09. The molecule has 2 nitrogen and oxygen atoms in total. The lowest BCUT2D eigenvalue weighted by molar-refractivity contribution is 0.211. The summed E-state index contributed by atoms with van der Waals surface area (Å²) in [6.45, 7) is 2.57. The minimum Gasteiger partial charge on any atom is -0.390 e. The lowest BCUT2D eigenvalue weighted by Crippen LogP contribution is -2.20. The number of hydrogen-bond donors (Lipinski definition) is 2. The van der Waals surface area contributed by atoms with E-state index in [9.17, 15) is 5.11 Å². The Bertz CT molecular complexity index is 525. The summed E-state index contributed by atoms with van der Waals surface area (Å²) in [5.74, 6) is 0.244. The van der Waals surface area contributed by atoms with Crippen LogP contribution >= 0.6 is 11.6 Å². The number of aliphatic hydroxyl groups excluding tert-OH is 1. The first-order chi connectivity index (χ1) is 9.20. The molecule has 0 spiro atoms. The van der Waals surface area contributed by atoms with Gasteiger partial charge in [0.05, 0.1) is 12.0 Å². The lowest BCUT2D eigenvalue weighted by Gasteiger charge is -2.11. The fourth-order valence-electron chi connectivity index (χ4n) is 1.95. The van der Waals surface area contributed by atoms with Crippen molar-refractivity contribution in [3.8, 4) is 11.1 Å². The summed E-state index contributed by atoms with van der Waals surface area (Å²) in [6.07, 6.45) is -0.516. The van der Waals surface area contributed by atoms with Crippen LogP contribution in [0.1, 0.15) is 5.56 Å². The van der Waals surface area contributed by atoms with Crippen LogP contribution in [0.3, 0.4) is 0 Å². The van der Waals surface area contributed by atoms with Crippen molar-refractivity contribution in [2.45, 2.75) is 13.0 Å². The first-order valence-electron chi connectivity index (χ1n) is 6.34. The number of hydrogen-bond acceptors (Lipinski definition) is 2. The number of alkyl halides is 1. The molecule has 3 heteroatoms. The predicted octanol–water partition coefficient (Wildman–Crippen LogP) is 3.67. The van der Waals surface area contributed by atoms with E-state index in [0.717, 1.165) is 5.69 Å². The molecule has 1 unspecified atom stereocenters. The number of benzene rings is 2. The van der Waals surface area contributed by atoms with Gasteiger partial charge in [-0.2, -0.15) is 0 Å². The predicted molar refractivity (Wildman–Crippen MR) is 81.8 cm³/mol. The van der Waals surface area contributed by atoms with Gasteiger partial charge in [-0.15, -0.1) is 11.6 Å². The van der Waals surface area contributed by atoms with E-state index in [1.807, 2.05) is 24.3 Å². The van der Waals surface area contributed by atoms with Gasteiger partial charge in [0.15, 0.2) is 0 Å². The third-order valence-electron chi connectivity index (χ3n) is 3.06. The Morgan fingerprint density at radius 3 is 2.42 bits per heavy atom. The molecule has 1 atom stereocenters. The van der Waals surface area contributed by atoms with Crippen LogP contribution in [0, 0.1) is 6.92 Å². The number of nitrogens with one attached hydrogen (secondary N) is 1. The van der Waals surface area contributed by atoms with Crippen molar-refractivity contribution in [3.63, 3.8) is 0 Å². The fourth-order valence-corrected chi connectivity index (χ4v) is 2.06. The third-order valence-corrected chi connectivity index (χ3v) is 3.42. The summed E-state index contributed by atoms with van der Waals surface area (Å²) in [6, 6.07) is 16.5. The maximum Gasteiger partial charge on any atom is 0.0847 e. The molecule has 19 heavy (non-hydrogen) atoms. The highest BCUT2D eigenvalue weighted by atomic mass is 35.5. The van der Waals surface area contributed by atoms with Gasteiger partial charge in [-0.05, 0) is 35.7 Å². The second kappa shape index (κ2) is 6.60. The van der Waals surface area contributed by atoms with Gasteiger partial charge in [-0.3, -0.25) is 0 Å². The molecule has 0 heterocycles. The van der Waals surface area contributed by atoms with Gasteiger partial charge in [0.1, 0.15) is 0 Å². The minimum absolute atomic E-state index is 0.244. The molecular formula is C16H18ClNO. The summed E-state index contributed by atoms with van der Waals surface area (Å²) < 4.78 is 0. The standard InChI is InChI=1S/C16H18ClNO/c1-12-4-2-3-5-16(12)13-6-8-14(9-7-13)18-11-15(19)10-17/h2-9,15,18-19H,10-11H2,1H3. The van der Waals surface area contributed by atoms with Crippen molar-refractivity contribution in [3.05, 3.63) is 54.1 Å². The number of halogens is 1. The maximum absolute atomic E-state index is 9.39. The monoisotopic (exact) mass is 275 g/mol. The molecule has 0 radical (unpaired) electrons. The van der Waals surface area contributed by atoms with Crippen LogP contribution in [0.4, 0.5) is 5.69 Å². The molecule has 0 aliphatic heterocycles. The van der Waals surface area contributed by atoms with E-state index in [1.165, 1.54) is 16.7 Å². The average Bonchev–Trinajstić information content (AvgIpc) is 2.46. The van der Waals surface area contributed by atoms with Crippen molar-refractivity contribution in [2.24, 2.45) is 0 Å². The molecule has 0 saturated heterocycles. The Morgan fingerprint density at radius 1 is 1.11 bits per heavy atom. The highest BCUT2D eigenvalue weighted by molar-refractivity contribution is 6.18. The summed E-state index contributed by atoms with van der Waals surface area (Å²) >= 11 is 5.55. The SMILES string of the molecule is Cc1ccccc1-c1ccc(NCC(O)CCl)cc1. The zero-order valence-electron chi connectivity index (χ0n) is 10.9. The van der Waals surface area contributed by atoms with Crippen molar-refractivity contribution in [1.82, 2.24) is 0 Å². The van der Waals surface area contributed by atoms with E-state index in [4.69, 9.17) is 11.6 Å². The van der Waals surface area contributed by atoms with Gasteiger partial charge in [0, 0.05) is 12.2 Å². The molecule has 0 aromatic heterocycles. The molecule has 0 saturated carbocycles. The second-order valence-electron chi connectivity index (χ2n) is 4.58. The molecule has 2 aromatic carbocycles. The molecule has 2 aromatic rings. The van der Waals surface area contributed by atoms with E-state index in [2.05, 4.69) is 36.5 Å². The quantitative estimate of drug-likeness (QED) is 0.816. The maximum atomic E-state index is 9.39. The Morgan fingerprint density at radius 2 is 1.79 bits per heavy atom. The van der Waals surface area contributed by atoms with Crippen LogP contribution in [0.15, 0.2) is 48.5 Å². The molecule has 0 bridgehead atoms. The highest BCUT2D eigenvalue weighted by Crippen LogP contribution is 2.24. The highest BCUT2D eigenvalue weighted by Gasteiger charge is 2.03. The topological polar surface area (TPSA) is 32.3 Å². The zero-order valence-corrected chi connectivity index (χ0v) is 11.7. The van der Waals surface area contributed by atoms with E-state index in [0.29, 0.717) is 6.54 Å². The smallest absolute Gasteiger partial charge is 0.0847 e. The van der Waals surface area contributed by atoms with Gasteiger partial charge < -0.3 is 10.4 Å². The van der Waals surface area contributed by atoms with Crippen molar-refractivity contribution in [2.75, 3.05) is 17.7 Å². The second-order valence-corrected chi connectivity index (χ2v) is 4.89. The van der Waals surface area contributed by atoms with E-state index >= 15 is 0 Å². The van der Waals surface area contributed by atoms with Crippen LogP contribution < -0.4 is 5.32 Å². The fraction of sp³-hybridized carbons (Fsp3) is 0.250. The van der Waals surface area contributed by atoms with Crippen molar-refractivity contribution < 1.29 is 5.11 Å². The number of anilines is 1. The van der Waals surface area contributed by atoms with Crippen LogP contribution in [0.5, 0.6) is 0 Å². The largest absolute Gasteiger partial charge is 0.390 e. The van der Waals surface area contributed by atoms with Crippen LogP contribution in [-0.4, -0.2) is 23.6 Å². The van der Waals surface area contributed by atoms with Crippen LogP contribution in [0.2, 0.25) is 0 Å². The summed E-state index contributed by atoms with van der Waals surface area (Å²) in [5, 5.41) is 12.5. The summed E-state index contributed by atoms with van der Waals surface area (Å²) in [5.41, 5.74) is 4.69. The number of aliphatic hydroxyl groups is 1. The molecule has 0 amide bonds. The first-order valence-corrected chi connectivity index (χ1v) is 6.88. The van der Waals surface area contributed by atoms with E-state index in [-0.39, 0.29) is 5.88 Å². The number of rotatable bonds is 5. The zero-order chi connectivity index (χ0) is 13.7. The van der Waals surface area contributed by atoms with Crippen molar-refractivity contribution in [1.29, 1.82) is 0 Å². The molecule has 0 aliphatic carbocycles. The van der Waals surface area contributed by atoms with E-state index < -0.39 is 6.10 Å². The van der Waals surface area contributed by atoms with Crippen molar-refractivity contribution >= 4 is 17.3 Å². The Kier molecular flexibility index (Phi) is 4.83. The molecule has 2 rings (SSSR count). The van der Waals surface area contributed by atoms with Crippen LogP contribution in [0.25, 0.3) is 11.1 Å². The molecule has 0 fully saturated rings. The summed E-state index contributed by atoms with van der Waals surface area (Å²) in [7, 11) is 0. The Hall–Kier alpha value is -1.51. The Labute approximate surface area is 119 Å². The van der Waals surface area contributed by atoms with Gasteiger partial charge >= 0.3 is 0 Å². The van der Waals surface area contributed by atoms with Crippen LogP contribution in [-0.2, 0) is 0 Å². The van der Waals surface area contributed by atoms with E-state index in [1.54, 1.807) is 0 Å². The summed E-state index contributed by atoms with van der Waals surface area (Å²) in [4.78, 5) is 0. The minimum atomic E-state index is -0.516. The van der Waals surface area contributed by atoms with Gasteiger partial charge in [0.2, 0.25) is 0 Å². The lowest BCUT2D eigenvalue weighted by atomic mass is 10.0. The van der Waals surface area contributed by atoms with Gasteiger partial charge in [-0.1, -0.05) is 36.4 Å². The average molecular weight is 276 g/mol. The first kappa shape index (κ1) is 13.9.